The molecule has 2 heterocycles. The SMILES string of the molecule is O=C(c1ccccc1)c1ccc(C(c2ccccc2)c2ccc(C(=O)c3ccccc3)[nH]2)[nH]1. The van der Waals surface area contributed by atoms with Crippen molar-refractivity contribution in [2.45, 2.75) is 5.92 Å². The van der Waals surface area contributed by atoms with Crippen LogP contribution in [0.2, 0.25) is 0 Å². The van der Waals surface area contributed by atoms with Gasteiger partial charge in [-0.1, -0.05) is 91.0 Å². The predicted octanol–water partition coefficient (Wildman–Crippen LogP) is 5.99. The monoisotopic (exact) mass is 430 g/mol. The Morgan fingerprint density at radius 1 is 0.485 bits per heavy atom. The van der Waals surface area contributed by atoms with Gasteiger partial charge in [-0.2, -0.15) is 0 Å². The zero-order chi connectivity index (χ0) is 22.6. The Bertz CT molecular complexity index is 1290. The van der Waals surface area contributed by atoms with Crippen molar-refractivity contribution < 1.29 is 9.59 Å². The Labute approximate surface area is 191 Å². The van der Waals surface area contributed by atoms with E-state index < -0.39 is 0 Å². The molecule has 5 aromatic rings. The third kappa shape index (κ3) is 4.19. The number of carbonyl (C=O) groups excluding carboxylic acids is 2. The van der Waals surface area contributed by atoms with E-state index in [2.05, 4.69) is 9.97 Å². The van der Waals surface area contributed by atoms with Gasteiger partial charge in [-0.15, -0.1) is 0 Å². The fourth-order valence-electron chi connectivity index (χ4n) is 4.09. The molecule has 0 saturated heterocycles. The number of hydrogen-bond acceptors (Lipinski definition) is 2. The van der Waals surface area contributed by atoms with E-state index in [1.807, 2.05) is 115 Å². The molecule has 0 bridgehead atoms. The average molecular weight is 431 g/mol. The maximum Gasteiger partial charge on any atom is 0.209 e. The molecule has 160 valence electrons. The quantitative estimate of drug-likeness (QED) is 0.312. The van der Waals surface area contributed by atoms with E-state index in [9.17, 15) is 9.59 Å². The van der Waals surface area contributed by atoms with E-state index in [-0.39, 0.29) is 17.5 Å². The Morgan fingerprint density at radius 2 is 0.879 bits per heavy atom. The lowest BCUT2D eigenvalue weighted by Crippen LogP contribution is -2.08. The fourth-order valence-corrected chi connectivity index (χ4v) is 4.09. The molecule has 3 aromatic carbocycles. The number of aromatic amines is 2. The molecule has 2 N–H and O–H groups in total. The van der Waals surface area contributed by atoms with Gasteiger partial charge >= 0.3 is 0 Å². The van der Waals surface area contributed by atoms with Crippen LogP contribution < -0.4 is 0 Å². The first-order valence-corrected chi connectivity index (χ1v) is 10.8. The highest BCUT2D eigenvalue weighted by Gasteiger charge is 2.23. The van der Waals surface area contributed by atoms with Crippen molar-refractivity contribution in [1.82, 2.24) is 9.97 Å². The lowest BCUT2D eigenvalue weighted by Gasteiger charge is -2.15. The van der Waals surface area contributed by atoms with Gasteiger partial charge in [0.25, 0.3) is 0 Å². The van der Waals surface area contributed by atoms with E-state index in [0.29, 0.717) is 22.5 Å². The van der Waals surface area contributed by atoms with Gasteiger partial charge in [0.1, 0.15) is 0 Å². The molecular weight excluding hydrogens is 408 g/mol. The summed E-state index contributed by atoms with van der Waals surface area (Å²) in [5, 5.41) is 0. The molecule has 0 saturated carbocycles. The molecule has 0 fully saturated rings. The summed E-state index contributed by atoms with van der Waals surface area (Å²) in [4.78, 5) is 32.5. The highest BCUT2D eigenvalue weighted by atomic mass is 16.1. The highest BCUT2D eigenvalue weighted by Crippen LogP contribution is 2.31. The second-order valence-electron chi connectivity index (χ2n) is 7.89. The number of nitrogens with one attached hydrogen (secondary N) is 2. The number of hydrogen-bond donors (Lipinski definition) is 2. The summed E-state index contributed by atoms with van der Waals surface area (Å²) in [6.45, 7) is 0. The summed E-state index contributed by atoms with van der Waals surface area (Å²) in [6, 6.07) is 36.0. The highest BCUT2D eigenvalue weighted by molar-refractivity contribution is 6.08. The minimum Gasteiger partial charge on any atom is -0.355 e. The second kappa shape index (κ2) is 8.97. The van der Waals surface area contributed by atoms with Crippen molar-refractivity contribution >= 4 is 11.6 Å². The summed E-state index contributed by atoms with van der Waals surface area (Å²) in [7, 11) is 0. The Kier molecular flexibility index (Phi) is 5.56. The summed E-state index contributed by atoms with van der Waals surface area (Å²) >= 11 is 0. The number of H-pyrrole nitrogens is 2. The molecular formula is C29H22N2O2. The summed E-state index contributed by atoms with van der Waals surface area (Å²) in [5.41, 5.74) is 5.14. The van der Waals surface area contributed by atoms with Crippen LogP contribution in [0.4, 0.5) is 0 Å². The van der Waals surface area contributed by atoms with Crippen LogP contribution in [-0.2, 0) is 0 Å². The average Bonchev–Trinajstić information content (AvgIpc) is 3.56. The third-order valence-corrected chi connectivity index (χ3v) is 5.73. The largest absolute Gasteiger partial charge is 0.355 e. The van der Waals surface area contributed by atoms with Crippen LogP contribution in [-0.4, -0.2) is 21.5 Å². The zero-order valence-electron chi connectivity index (χ0n) is 17.9. The second-order valence-corrected chi connectivity index (χ2v) is 7.89. The lowest BCUT2D eigenvalue weighted by molar-refractivity contribution is 0.102. The van der Waals surface area contributed by atoms with Gasteiger partial charge in [-0.25, -0.2) is 0 Å². The van der Waals surface area contributed by atoms with Crippen molar-refractivity contribution in [2.24, 2.45) is 0 Å². The molecule has 0 aliphatic heterocycles. The fraction of sp³-hybridized carbons (Fsp3) is 0.0345. The Morgan fingerprint density at radius 3 is 1.30 bits per heavy atom. The summed E-state index contributed by atoms with van der Waals surface area (Å²) in [6.07, 6.45) is 0. The van der Waals surface area contributed by atoms with Crippen LogP contribution >= 0.6 is 0 Å². The maximum absolute atomic E-state index is 12.9. The van der Waals surface area contributed by atoms with Gasteiger partial charge in [0.2, 0.25) is 11.6 Å². The molecule has 0 spiro atoms. The van der Waals surface area contributed by atoms with Gasteiger partial charge in [0, 0.05) is 22.5 Å². The van der Waals surface area contributed by atoms with Gasteiger partial charge in [-0.05, 0) is 29.8 Å². The predicted molar refractivity (Wildman–Crippen MR) is 129 cm³/mol. The number of benzene rings is 3. The van der Waals surface area contributed by atoms with Crippen LogP contribution in [0.3, 0.4) is 0 Å². The first kappa shape index (κ1) is 20.5. The van der Waals surface area contributed by atoms with Gasteiger partial charge in [-0.3, -0.25) is 9.59 Å². The molecule has 5 rings (SSSR count). The van der Waals surface area contributed by atoms with Crippen molar-refractivity contribution in [3.63, 3.8) is 0 Å². The minimum absolute atomic E-state index is 0.0555. The molecule has 0 aliphatic rings. The number of aromatic nitrogens is 2. The van der Waals surface area contributed by atoms with E-state index in [0.717, 1.165) is 17.0 Å². The first-order chi connectivity index (χ1) is 16.2. The number of ketones is 2. The zero-order valence-corrected chi connectivity index (χ0v) is 17.9. The molecule has 0 atom stereocenters. The van der Waals surface area contributed by atoms with Crippen molar-refractivity contribution in [2.75, 3.05) is 0 Å². The normalized spacial score (nSPS) is 10.9. The van der Waals surface area contributed by atoms with Gasteiger partial charge in [0.15, 0.2) is 0 Å². The van der Waals surface area contributed by atoms with Crippen LogP contribution in [0.15, 0.2) is 115 Å². The van der Waals surface area contributed by atoms with Crippen molar-refractivity contribution in [1.29, 1.82) is 0 Å². The Hall–Kier alpha value is -4.44. The number of rotatable bonds is 7. The standard InChI is InChI=1S/C29H22N2O2/c32-28(21-12-6-2-7-13-21)25-18-16-23(30-25)27(20-10-4-1-5-11-20)24-17-19-26(31-24)29(33)22-14-8-3-9-15-22/h1-19,27,30-31H. The molecule has 33 heavy (non-hydrogen) atoms. The molecule has 2 aromatic heterocycles. The summed E-state index contributed by atoms with van der Waals surface area (Å²) in [5.74, 6) is -0.291. The van der Waals surface area contributed by atoms with E-state index >= 15 is 0 Å². The molecule has 0 aliphatic carbocycles. The smallest absolute Gasteiger partial charge is 0.209 e. The molecule has 4 nitrogen and oxygen atoms in total. The topological polar surface area (TPSA) is 65.7 Å². The molecule has 0 unspecified atom stereocenters. The van der Waals surface area contributed by atoms with E-state index in [1.54, 1.807) is 0 Å². The minimum atomic E-state index is -0.180. The molecule has 0 radical (unpaired) electrons. The summed E-state index contributed by atoms with van der Waals surface area (Å²) < 4.78 is 0. The maximum atomic E-state index is 12.9. The van der Waals surface area contributed by atoms with Crippen molar-refractivity contribution in [3.05, 3.63) is 155 Å². The number of carbonyl (C=O) groups is 2. The van der Waals surface area contributed by atoms with Crippen LogP contribution in [0.1, 0.15) is 55.0 Å². The van der Waals surface area contributed by atoms with E-state index in [4.69, 9.17) is 0 Å². The van der Waals surface area contributed by atoms with Crippen LogP contribution in [0, 0.1) is 0 Å². The molecule has 0 amide bonds. The first-order valence-electron chi connectivity index (χ1n) is 10.8. The van der Waals surface area contributed by atoms with E-state index in [1.165, 1.54) is 0 Å². The molecule has 4 heteroatoms. The van der Waals surface area contributed by atoms with Crippen LogP contribution in [0.25, 0.3) is 0 Å². The lowest BCUT2D eigenvalue weighted by atomic mass is 9.93. The van der Waals surface area contributed by atoms with Gasteiger partial charge < -0.3 is 9.97 Å². The van der Waals surface area contributed by atoms with Gasteiger partial charge in [0.05, 0.1) is 17.3 Å². The third-order valence-electron chi connectivity index (χ3n) is 5.73. The van der Waals surface area contributed by atoms with Crippen LogP contribution in [0.5, 0.6) is 0 Å². The Balaban J connectivity index is 1.51. The van der Waals surface area contributed by atoms with Crippen molar-refractivity contribution in [3.8, 4) is 0 Å².